The molecule has 0 fully saturated rings. The number of rotatable bonds is 2. The molecule has 0 saturated heterocycles. The van der Waals surface area contributed by atoms with E-state index in [9.17, 15) is 13.2 Å². The number of halogens is 3. The molecule has 2 rings (SSSR count). The quantitative estimate of drug-likeness (QED) is 0.813. The van der Waals surface area contributed by atoms with E-state index in [1.54, 1.807) is 24.3 Å². The van der Waals surface area contributed by atoms with Gasteiger partial charge in [-0.1, -0.05) is 24.3 Å². The fourth-order valence-electron chi connectivity index (χ4n) is 1.71. The van der Waals surface area contributed by atoms with Crippen LogP contribution in [0.15, 0.2) is 36.4 Å². The average molecular weight is 251 g/mol. The molecular weight excluding hydrogens is 243 g/mol. The predicted molar refractivity (Wildman–Crippen MR) is 59.9 cm³/mol. The van der Waals surface area contributed by atoms with Crippen molar-refractivity contribution in [1.29, 1.82) is 5.26 Å². The normalized spacial score (nSPS) is 11.2. The van der Waals surface area contributed by atoms with Crippen molar-refractivity contribution in [2.75, 3.05) is 0 Å². The Kier molecular flexibility index (Phi) is 3.11. The Balaban J connectivity index is 2.52. The molecule has 0 heterocycles. The molecule has 0 radical (unpaired) electrons. The molecule has 2 aromatic rings. The van der Waals surface area contributed by atoms with Crippen molar-refractivity contribution in [3.63, 3.8) is 0 Å². The van der Waals surface area contributed by atoms with Gasteiger partial charge in [0.2, 0.25) is 0 Å². The molecule has 0 aliphatic heterocycles. The van der Waals surface area contributed by atoms with Crippen LogP contribution in [0, 0.1) is 11.3 Å². The number of hydrogen-bond acceptors (Lipinski definition) is 2. The maximum Gasteiger partial charge on any atom is 0.573 e. The molecular formula is C13H8F3NO. The molecule has 18 heavy (non-hydrogen) atoms. The van der Waals surface area contributed by atoms with Crippen LogP contribution in [0.4, 0.5) is 13.2 Å². The molecule has 0 unspecified atom stereocenters. The van der Waals surface area contributed by atoms with E-state index in [-0.39, 0.29) is 12.2 Å². The van der Waals surface area contributed by atoms with Gasteiger partial charge in [0.1, 0.15) is 5.75 Å². The second kappa shape index (κ2) is 4.57. The number of benzene rings is 2. The Labute approximate surface area is 101 Å². The summed E-state index contributed by atoms with van der Waals surface area (Å²) in [7, 11) is 0. The Morgan fingerprint density at radius 1 is 1.17 bits per heavy atom. The van der Waals surface area contributed by atoms with Gasteiger partial charge in [-0.2, -0.15) is 5.26 Å². The summed E-state index contributed by atoms with van der Waals surface area (Å²) in [5.41, 5.74) is 0.656. The van der Waals surface area contributed by atoms with Gasteiger partial charge in [-0.15, -0.1) is 13.2 Å². The van der Waals surface area contributed by atoms with Gasteiger partial charge in [-0.05, 0) is 23.1 Å². The summed E-state index contributed by atoms with van der Waals surface area (Å²) in [6.07, 6.45) is -4.57. The van der Waals surface area contributed by atoms with Gasteiger partial charge >= 0.3 is 6.36 Å². The zero-order valence-corrected chi connectivity index (χ0v) is 9.16. The van der Waals surface area contributed by atoms with Crippen molar-refractivity contribution in [2.24, 2.45) is 0 Å². The third-order valence-corrected chi connectivity index (χ3v) is 2.42. The molecule has 92 valence electrons. The van der Waals surface area contributed by atoms with E-state index in [0.29, 0.717) is 16.3 Å². The van der Waals surface area contributed by atoms with Crippen LogP contribution >= 0.6 is 0 Å². The fourth-order valence-corrected chi connectivity index (χ4v) is 1.71. The fraction of sp³-hybridized carbons (Fsp3) is 0.154. The molecule has 0 aliphatic carbocycles. The lowest BCUT2D eigenvalue weighted by atomic mass is 10.0. The summed E-state index contributed by atoms with van der Waals surface area (Å²) in [4.78, 5) is 0. The van der Waals surface area contributed by atoms with Gasteiger partial charge < -0.3 is 4.74 Å². The molecule has 0 spiro atoms. The van der Waals surface area contributed by atoms with E-state index >= 15 is 0 Å². The lowest BCUT2D eigenvalue weighted by Gasteiger charge is -2.11. The van der Waals surface area contributed by atoms with Crippen molar-refractivity contribution in [3.05, 3.63) is 42.0 Å². The highest BCUT2D eigenvalue weighted by molar-refractivity contribution is 5.89. The highest BCUT2D eigenvalue weighted by atomic mass is 19.4. The number of alkyl halides is 3. The maximum atomic E-state index is 12.2. The van der Waals surface area contributed by atoms with Crippen LogP contribution in [0.3, 0.4) is 0 Å². The molecule has 2 nitrogen and oxygen atoms in total. The SMILES string of the molecule is N#CCc1ccc2cccc(OC(F)(F)F)c2c1. The van der Waals surface area contributed by atoms with Crippen LogP contribution in [-0.2, 0) is 6.42 Å². The predicted octanol–water partition coefficient (Wildman–Crippen LogP) is 3.80. The van der Waals surface area contributed by atoms with Gasteiger partial charge in [0.25, 0.3) is 0 Å². The zero-order chi connectivity index (χ0) is 13.2. The Morgan fingerprint density at radius 3 is 2.61 bits per heavy atom. The molecule has 0 atom stereocenters. The molecule has 0 N–H and O–H groups in total. The van der Waals surface area contributed by atoms with Crippen molar-refractivity contribution in [1.82, 2.24) is 0 Å². The summed E-state index contributed by atoms with van der Waals surface area (Å²) in [5.74, 6) is -0.250. The first-order valence-corrected chi connectivity index (χ1v) is 5.14. The topological polar surface area (TPSA) is 33.0 Å². The summed E-state index contributed by atoms with van der Waals surface area (Å²) < 4.78 is 40.7. The van der Waals surface area contributed by atoms with Crippen LogP contribution in [0.1, 0.15) is 5.56 Å². The summed E-state index contributed by atoms with van der Waals surface area (Å²) >= 11 is 0. The molecule has 0 saturated carbocycles. The van der Waals surface area contributed by atoms with Gasteiger partial charge in [0, 0.05) is 5.39 Å². The van der Waals surface area contributed by atoms with Crippen LogP contribution in [-0.4, -0.2) is 6.36 Å². The zero-order valence-electron chi connectivity index (χ0n) is 9.16. The molecule has 0 aromatic heterocycles. The van der Waals surface area contributed by atoms with Crippen molar-refractivity contribution in [3.8, 4) is 11.8 Å². The van der Waals surface area contributed by atoms with Crippen LogP contribution in [0.5, 0.6) is 5.75 Å². The Hall–Kier alpha value is -2.22. The maximum absolute atomic E-state index is 12.2. The van der Waals surface area contributed by atoms with Crippen LogP contribution in [0.25, 0.3) is 10.8 Å². The minimum atomic E-state index is -4.72. The molecule has 0 aliphatic rings. The monoisotopic (exact) mass is 251 g/mol. The summed E-state index contributed by atoms with van der Waals surface area (Å²) in [6, 6.07) is 11.3. The largest absolute Gasteiger partial charge is 0.573 e. The molecule has 0 bridgehead atoms. The first-order chi connectivity index (χ1) is 8.49. The molecule has 0 amide bonds. The van der Waals surface area contributed by atoms with Gasteiger partial charge in [0.15, 0.2) is 0 Å². The van der Waals surface area contributed by atoms with Gasteiger partial charge in [-0.3, -0.25) is 0 Å². The minimum absolute atomic E-state index is 0.149. The number of nitrogens with zero attached hydrogens (tertiary/aromatic N) is 1. The first-order valence-electron chi connectivity index (χ1n) is 5.14. The summed E-state index contributed by atoms with van der Waals surface area (Å²) in [5, 5.41) is 9.57. The third-order valence-electron chi connectivity index (χ3n) is 2.42. The van der Waals surface area contributed by atoms with E-state index < -0.39 is 6.36 Å². The molecule has 5 heteroatoms. The number of hydrogen-bond donors (Lipinski definition) is 0. The standard InChI is InChI=1S/C13H8F3NO/c14-13(15,16)18-12-3-1-2-10-5-4-9(6-7-17)8-11(10)12/h1-5,8H,6H2. The van der Waals surface area contributed by atoms with E-state index in [2.05, 4.69) is 4.74 Å². The van der Waals surface area contributed by atoms with Crippen LogP contribution in [0.2, 0.25) is 0 Å². The van der Waals surface area contributed by atoms with Gasteiger partial charge in [0.05, 0.1) is 12.5 Å². The lowest BCUT2D eigenvalue weighted by molar-refractivity contribution is -0.274. The lowest BCUT2D eigenvalue weighted by Crippen LogP contribution is -2.17. The van der Waals surface area contributed by atoms with E-state index in [4.69, 9.17) is 5.26 Å². The van der Waals surface area contributed by atoms with E-state index in [0.717, 1.165) is 0 Å². The Bertz CT molecular complexity index is 614. The van der Waals surface area contributed by atoms with Crippen LogP contribution < -0.4 is 4.74 Å². The highest BCUT2D eigenvalue weighted by Gasteiger charge is 2.31. The van der Waals surface area contributed by atoms with Crippen molar-refractivity contribution >= 4 is 10.8 Å². The Morgan fingerprint density at radius 2 is 1.94 bits per heavy atom. The van der Waals surface area contributed by atoms with Crippen molar-refractivity contribution in [2.45, 2.75) is 12.8 Å². The first kappa shape index (κ1) is 12.2. The molecule has 2 aromatic carbocycles. The highest BCUT2D eigenvalue weighted by Crippen LogP contribution is 2.31. The number of nitriles is 1. The summed E-state index contributed by atoms with van der Waals surface area (Å²) in [6.45, 7) is 0. The average Bonchev–Trinajstić information content (AvgIpc) is 2.28. The smallest absolute Gasteiger partial charge is 0.405 e. The van der Waals surface area contributed by atoms with Crippen molar-refractivity contribution < 1.29 is 17.9 Å². The minimum Gasteiger partial charge on any atom is -0.405 e. The van der Waals surface area contributed by atoms with E-state index in [1.165, 1.54) is 12.1 Å². The van der Waals surface area contributed by atoms with Gasteiger partial charge in [-0.25, -0.2) is 0 Å². The third kappa shape index (κ3) is 2.72. The second-order valence-corrected chi connectivity index (χ2v) is 3.69. The number of fused-ring (bicyclic) bond motifs is 1. The second-order valence-electron chi connectivity index (χ2n) is 3.69. The number of ether oxygens (including phenoxy) is 1. The van der Waals surface area contributed by atoms with E-state index in [1.807, 2.05) is 6.07 Å².